The maximum atomic E-state index is 11.7. The van der Waals surface area contributed by atoms with Gasteiger partial charge in [0, 0.05) is 12.3 Å². The number of sulfone groups is 1. The third-order valence-electron chi connectivity index (χ3n) is 3.44. The minimum atomic E-state index is -3.07. The van der Waals surface area contributed by atoms with E-state index in [1.54, 1.807) is 18.2 Å². The summed E-state index contributed by atoms with van der Waals surface area (Å²) in [6.45, 7) is 0. The van der Waals surface area contributed by atoms with E-state index in [-0.39, 0.29) is 11.3 Å². The molecule has 0 heterocycles. The third-order valence-corrected chi connectivity index (χ3v) is 5.43. The molecule has 0 aromatic heterocycles. The van der Waals surface area contributed by atoms with Crippen molar-refractivity contribution in [2.75, 3.05) is 11.6 Å². The highest BCUT2D eigenvalue weighted by atomic mass is 35.5. The Hall–Kier alpha value is -1.25. The van der Waals surface area contributed by atoms with Crippen LogP contribution >= 0.6 is 11.6 Å². The Bertz CT molecular complexity index is 622. The fraction of sp³-hybridized carbons (Fsp3) is 0.462. The molecule has 6 heteroatoms. The van der Waals surface area contributed by atoms with Gasteiger partial charge in [-0.15, -0.1) is 0 Å². The molecule has 102 valence electrons. The Labute approximate surface area is 118 Å². The van der Waals surface area contributed by atoms with Gasteiger partial charge in [0.25, 0.3) is 0 Å². The highest BCUT2D eigenvalue weighted by Gasteiger charge is 2.34. The molecule has 19 heavy (non-hydrogen) atoms. The molecular weight excluding hydrogens is 284 g/mol. The van der Waals surface area contributed by atoms with Gasteiger partial charge in [-0.2, -0.15) is 5.26 Å². The molecule has 1 saturated carbocycles. The first-order chi connectivity index (χ1) is 8.91. The van der Waals surface area contributed by atoms with Gasteiger partial charge < -0.3 is 5.32 Å². The first-order valence-corrected chi connectivity index (χ1v) is 8.40. The maximum Gasteiger partial charge on any atom is 0.152 e. The van der Waals surface area contributed by atoms with E-state index >= 15 is 0 Å². The Morgan fingerprint density at radius 1 is 1.42 bits per heavy atom. The number of halogens is 1. The van der Waals surface area contributed by atoms with Crippen LogP contribution in [0.25, 0.3) is 0 Å². The first kappa shape index (κ1) is 14.2. The van der Waals surface area contributed by atoms with Gasteiger partial charge >= 0.3 is 0 Å². The van der Waals surface area contributed by atoms with Crippen LogP contribution in [0.3, 0.4) is 0 Å². The van der Waals surface area contributed by atoms with Gasteiger partial charge in [-0.05, 0) is 37.5 Å². The number of anilines is 1. The topological polar surface area (TPSA) is 70.0 Å². The average Bonchev–Trinajstić information content (AvgIpc) is 2.80. The van der Waals surface area contributed by atoms with E-state index in [4.69, 9.17) is 16.9 Å². The molecule has 2 atom stereocenters. The van der Waals surface area contributed by atoms with Gasteiger partial charge in [-0.3, -0.25) is 0 Å². The van der Waals surface area contributed by atoms with Crippen LogP contribution in [-0.2, 0) is 9.84 Å². The normalized spacial score (nSPS) is 23.0. The Morgan fingerprint density at radius 3 is 2.79 bits per heavy atom. The third kappa shape index (κ3) is 3.20. The number of nitriles is 1. The number of benzene rings is 1. The minimum Gasteiger partial charge on any atom is -0.380 e. The fourth-order valence-corrected chi connectivity index (χ4v) is 4.08. The molecule has 1 aliphatic rings. The van der Waals surface area contributed by atoms with E-state index < -0.39 is 9.84 Å². The van der Waals surface area contributed by atoms with Crippen LogP contribution in [0.2, 0.25) is 5.02 Å². The molecule has 1 aromatic carbocycles. The van der Waals surface area contributed by atoms with Crippen LogP contribution in [-0.4, -0.2) is 26.0 Å². The van der Waals surface area contributed by atoms with Crippen molar-refractivity contribution in [2.24, 2.45) is 0 Å². The summed E-state index contributed by atoms with van der Waals surface area (Å²) < 4.78 is 23.4. The number of nitrogens with one attached hydrogen (secondary N) is 1. The number of hydrogen-bond donors (Lipinski definition) is 1. The highest BCUT2D eigenvalue weighted by molar-refractivity contribution is 7.91. The number of hydrogen-bond acceptors (Lipinski definition) is 4. The summed E-state index contributed by atoms with van der Waals surface area (Å²) in [5.41, 5.74) is 1.13. The zero-order valence-electron chi connectivity index (χ0n) is 10.6. The molecule has 0 spiro atoms. The molecule has 1 aromatic rings. The SMILES string of the molecule is CS(=O)(=O)C1CCCC1Nc1cc(C#N)ccc1Cl. The first-order valence-electron chi connectivity index (χ1n) is 6.07. The van der Waals surface area contributed by atoms with Crippen LogP contribution in [0, 0.1) is 11.3 Å². The van der Waals surface area contributed by atoms with E-state index in [0.29, 0.717) is 22.7 Å². The molecule has 0 amide bonds. The summed E-state index contributed by atoms with van der Waals surface area (Å²) in [4.78, 5) is 0. The molecular formula is C13H15ClN2O2S. The van der Waals surface area contributed by atoms with Crippen molar-refractivity contribution >= 4 is 27.1 Å². The molecule has 2 unspecified atom stereocenters. The van der Waals surface area contributed by atoms with Crippen molar-refractivity contribution in [1.82, 2.24) is 0 Å². The molecule has 4 nitrogen and oxygen atoms in total. The van der Waals surface area contributed by atoms with E-state index in [9.17, 15) is 8.42 Å². The lowest BCUT2D eigenvalue weighted by molar-refractivity contribution is 0.579. The van der Waals surface area contributed by atoms with Crippen LogP contribution in [0.4, 0.5) is 5.69 Å². The van der Waals surface area contributed by atoms with Crippen molar-refractivity contribution in [3.05, 3.63) is 28.8 Å². The molecule has 0 aliphatic heterocycles. The van der Waals surface area contributed by atoms with Gasteiger partial charge in [0.1, 0.15) is 0 Å². The largest absolute Gasteiger partial charge is 0.380 e. The highest BCUT2D eigenvalue weighted by Crippen LogP contribution is 2.31. The van der Waals surface area contributed by atoms with Crippen LogP contribution in [0.15, 0.2) is 18.2 Å². The summed E-state index contributed by atoms with van der Waals surface area (Å²) >= 11 is 6.07. The van der Waals surface area contributed by atoms with Crippen molar-refractivity contribution < 1.29 is 8.42 Å². The lowest BCUT2D eigenvalue weighted by Crippen LogP contribution is -2.34. The second-order valence-electron chi connectivity index (χ2n) is 4.86. The lowest BCUT2D eigenvalue weighted by Gasteiger charge is -2.21. The van der Waals surface area contributed by atoms with Crippen molar-refractivity contribution in [3.63, 3.8) is 0 Å². The minimum absolute atomic E-state index is 0.138. The summed E-state index contributed by atoms with van der Waals surface area (Å²) in [5.74, 6) is 0. The molecule has 0 saturated heterocycles. The second kappa shape index (κ2) is 5.40. The predicted molar refractivity (Wildman–Crippen MR) is 76.1 cm³/mol. The lowest BCUT2D eigenvalue weighted by atomic mass is 10.2. The van der Waals surface area contributed by atoms with Crippen LogP contribution in [0.1, 0.15) is 24.8 Å². The Balaban J connectivity index is 2.24. The molecule has 0 bridgehead atoms. The molecule has 2 rings (SSSR count). The van der Waals surface area contributed by atoms with Gasteiger partial charge in [-0.1, -0.05) is 11.6 Å². The second-order valence-corrected chi connectivity index (χ2v) is 7.53. The molecule has 1 aliphatic carbocycles. The van der Waals surface area contributed by atoms with Crippen LogP contribution in [0.5, 0.6) is 0 Å². The van der Waals surface area contributed by atoms with E-state index in [0.717, 1.165) is 12.8 Å². The molecule has 0 radical (unpaired) electrons. The van der Waals surface area contributed by atoms with Gasteiger partial charge in [0.15, 0.2) is 9.84 Å². The zero-order valence-corrected chi connectivity index (χ0v) is 12.1. The monoisotopic (exact) mass is 298 g/mol. The Kier molecular flexibility index (Phi) is 4.02. The quantitative estimate of drug-likeness (QED) is 0.931. The fourth-order valence-electron chi connectivity index (χ4n) is 2.51. The summed E-state index contributed by atoms with van der Waals surface area (Å²) in [5, 5.41) is 12.2. The standard InChI is InChI=1S/C13H15ClN2O2S/c1-19(17,18)13-4-2-3-11(13)16-12-7-9(8-15)5-6-10(12)14/h5-7,11,13,16H,2-4H2,1H3. The van der Waals surface area contributed by atoms with Crippen molar-refractivity contribution in [2.45, 2.75) is 30.6 Å². The average molecular weight is 299 g/mol. The van der Waals surface area contributed by atoms with Gasteiger partial charge in [0.05, 0.1) is 27.6 Å². The van der Waals surface area contributed by atoms with Crippen molar-refractivity contribution in [3.8, 4) is 6.07 Å². The van der Waals surface area contributed by atoms with E-state index in [2.05, 4.69) is 5.32 Å². The summed E-state index contributed by atoms with van der Waals surface area (Å²) in [6, 6.07) is 6.84. The zero-order chi connectivity index (χ0) is 14.0. The molecule has 1 N–H and O–H groups in total. The molecule has 1 fully saturated rings. The van der Waals surface area contributed by atoms with E-state index in [1.165, 1.54) is 6.26 Å². The van der Waals surface area contributed by atoms with Gasteiger partial charge in [0.2, 0.25) is 0 Å². The maximum absolute atomic E-state index is 11.7. The summed E-state index contributed by atoms with van der Waals surface area (Å²) in [7, 11) is -3.07. The summed E-state index contributed by atoms with van der Waals surface area (Å²) in [6.07, 6.45) is 3.62. The predicted octanol–water partition coefficient (Wildman–Crippen LogP) is 2.59. The number of nitrogens with zero attached hydrogens (tertiary/aromatic N) is 1. The van der Waals surface area contributed by atoms with Gasteiger partial charge in [-0.25, -0.2) is 8.42 Å². The number of rotatable bonds is 3. The van der Waals surface area contributed by atoms with E-state index in [1.807, 2.05) is 6.07 Å². The smallest absolute Gasteiger partial charge is 0.152 e. The van der Waals surface area contributed by atoms with Crippen molar-refractivity contribution in [1.29, 1.82) is 5.26 Å². The Morgan fingerprint density at radius 2 is 2.16 bits per heavy atom. The van der Waals surface area contributed by atoms with Crippen LogP contribution < -0.4 is 5.32 Å².